The van der Waals surface area contributed by atoms with E-state index in [9.17, 15) is 4.79 Å². The van der Waals surface area contributed by atoms with Gasteiger partial charge in [0, 0.05) is 13.1 Å². The molecule has 0 aromatic carbocycles. The van der Waals surface area contributed by atoms with Gasteiger partial charge in [0.1, 0.15) is 5.24 Å². The number of rotatable bonds is 1. The molecule has 0 spiro atoms. The molecule has 0 unspecified atom stereocenters. The Morgan fingerprint density at radius 1 is 1.31 bits per heavy atom. The van der Waals surface area contributed by atoms with E-state index in [1.54, 1.807) is 7.05 Å². The summed E-state index contributed by atoms with van der Waals surface area (Å²) < 4.78 is 0. The Morgan fingerprint density at radius 2 is 1.54 bits per heavy atom. The Morgan fingerprint density at radius 3 is 1.54 bits per heavy atom. The van der Waals surface area contributed by atoms with Crippen molar-refractivity contribution in [2.75, 3.05) is 7.05 Å². The van der Waals surface area contributed by atoms with E-state index in [1.807, 2.05) is 13.8 Å². The fourth-order valence-electron chi connectivity index (χ4n) is 0.211. The molecule has 13 heavy (non-hydrogen) atoms. The van der Waals surface area contributed by atoms with Gasteiger partial charge in [0.25, 0.3) is 0 Å². The Kier molecular flexibility index (Phi) is 14.3. The van der Waals surface area contributed by atoms with Crippen LogP contribution in [-0.4, -0.2) is 28.5 Å². The minimum Gasteiger partial charge on any atom is -0.719 e. The van der Waals surface area contributed by atoms with Crippen LogP contribution in [-0.2, 0) is 42.3 Å². The SMILES string of the molecule is CC(C)N(C)C(=O)[S-].NC(=O)[S-].[Cu+2]. The van der Waals surface area contributed by atoms with Crippen molar-refractivity contribution in [3.63, 3.8) is 0 Å². The standard InChI is InChI=1S/C5H11NOS.CH3NOS.Cu/c1-4(2)6(3)5(7)8;2-1(3)4;/h4H,1-3H3,(H,7,8);(H3,2,3,4);/q;;+2/p-2. The molecule has 0 aromatic rings. The van der Waals surface area contributed by atoms with Crippen LogP contribution in [0.25, 0.3) is 0 Å². The van der Waals surface area contributed by atoms with E-state index in [-0.39, 0.29) is 28.3 Å². The van der Waals surface area contributed by atoms with E-state index in [4.69, 9.17) is 4.79 Å². The minimum atomic E-state index is -0.750. The first-order valence-electron chi connectivity index (χ1n) is 3.19. The van der Waals surface area contributed by atoms with E-state index in [0.717, 1.165) is 0 Å². The predicted octanol–water partition coefficient (Wildman–Crippen LogP) is 0.603. The molecule has 0 heterocycles. The molecule has 2 amide bonds. The van der Waals surface area contributed by atoms with Gasteiger partial charge in [-0.1, -0.05) is 0 Å². The Bertz CT molecular complexity index is 163. The van der Waals surface area contributed by atoms with Crippen LogP contribution in [0.4, 0.5) is 9.59 Å². The number of carbonyl (C=O) groups excluding carboxylic acids is 2. The maximum Gasteiger partial charge on any atom is 2.00 e. The Labute approximate surface area is 99.9 Å². The zero-order valence-electron chi connectivity index (χ0n) is 7.54. The fraction of sp³-hybridized carbons (Fsp3) is 0.667. The molecule has 0 saturated carbocycles. The van der Waals surface area contributed by atoms with Crippen LogP contribution in [0.2, 0.25) is 0 Å². The first-order valence-corrected chi connectivity index (χ1v) is 4.01. The molecule has 0 rings (SSSR count). The molecule has 0 aromatic heterocycles. The van der Waals surface area contributed by atoms with Crippen molar-refractivity contribution in [1.29, 1.82) is 0 Å². The van der Waals surface area contributed by atoms with Gasteiger partial charge in [-0.05, 0) is 13.8 Å². The number of hydrogen-bond donors (Lipinski definition) is 1. The van der Waals surface area contributed by atoms with Crippen LogP contribution in [0.3, 0.4) is 0 Å². The molecule has 7 heteroatoms. The van der Waals surface area contributed by atoms with Gasteiger partial charge in [0.05, 0.1) is 5.24 Å². The molecule has 0 aliphatic heterocycles. The third kappa shape index (κ3) is 18.7. The molecule has 4 nitrogen and oxygen atoms in total. The number of primary amides is 1. The number of hydrogen-bond acceptors (Lipinski definition) is 4. The zero-order valence-corrected chi connectivity index (χ0v) is 10.1. The largest absolute Gasteiger partial charge is 2.00 e. The summed E-state index contributed by atoms with van der Waals surface area (Å²) in [7, 11) is 1.69. The van der Waals surface area contributed by atoms with Gasteiger partial charge in [-0.25, -0.2) is 0 Å². The van der Waals surface area contributed by atoms with Gasteiger partial charge < -0.3 is 45.5 Å². The van der Waals surface area contributed by atoms with Crippen LogP contribution >= 0.6 is 0 Å². The van der Waals surface area contributed by atoms with E-state index in [2.05, 4.69) is 31.0 Å². The van der Waals surface area contributed by atoms with Crippen molar-refractivity contribution in [1.82, 2.24) is 4.90 Å². The topological polar surface area (TPSA) is 63.4 Å². The van der Waals surface area contributed by atoms with Crippen molar-refractivity contribution in [3.8, 4) is 0 Å². The van der Waals surface area contributed by atoms with Crippen molar-refractivity contribution >= 4 is 35.7 Å². The molecular weight excluding hydrogens is 260 g/mol. The second kappa shape index (κ2) is 9.98. The molecule has 0 bridgehead atoms. The quantitative estimate of drug-likeness (QED) is 0.561. The Balaban J connectivity index is -0.000000173. The van der Waals surface area contributed by atoms with Crippen molar-refractivity contribution < 1.29 is 26.7 Å². The van der Waals surface area contributed by atoms with Gasteiger partial charge in [-0.2, -0.15) is 0 Å². The average Bonchev–Trinajstić information content (AvgIpc) is 1.84. The molecule has 0 saturated heterocycles. The summed E-state index contributed by atoms with van der Waals surface area (Å²) in [5, 5.41) is -1.04. The van der Waals surface area contributed by atoms with Crippen molar-refractivity contribution in [2.45, 2.75) is 19.9 Å². The third-order valence-electron chi connectivity index (χ3n) is 1.06. The molecule has 1 radical (unpaired) electrons. The predicted molar refractivity (Wildman–Crippen MR) is 52.6 cm³/mol. The minimum absolute atomic E-state index is 0. The van der Waals surface area contributed by atoms with Crippen LogP contribution in [0, 0.1) is 0 Å². The molecule has 81 valence electrons. The van der Waals surface area contributed by atoms with Crippen LogP contribution < -0.4 is 5.73 Å². The number of nitrogens with two attached hydrogens (primary N) is 1. The molecular formula is C6H12CuN2O2S2. The van der Waals surface area contributed by atoms with Crippen LogP contribution in [0.1, 0.15) is 13.8 Å². The third-order valence-corrected chi connectivity index (χ3v) is 1.35. The van der Waals surface area contributed by atoms with Crippen molar-refractivity contribution in [2.24, 2.45) is 5.73 Å². The Hall–Kier alpha value is -0.101. The summed E-state index contributed by atoms with van der Waals surface area (Å²) in [4.78, 5) is 20.9. The number of amides is 2. The van der Waals surface area contributed by atoms with Crippen LogP contribution in [0.5, 0.6) is 0 Å². The van der Waals surface area contributed by atoms with E-state index >= 15 is 0 Å². The van der Waals surface area contributed by atoms with Crippen molar-refractivity contribution in [3.05, 3.63) is 0 Å². The summed E-state index contributed by atoms with van der Waals surface area (Å²) in [6.45, 7) is 3.84. The van der Waals surface area contributed by atoms with Gasteiger partial charge in [0.2, 0.25) is 0 Å². The normalized spacial score (nSPS) is 7.69. The second-order valence-corrected chi connectivity index (χ2v) is 3.04. The van der Waals surface area contributed by atoms with Gasteiger partial charge >= 0.3 is 17.1 Å². The fourth-order valence-corrected chi connectivity index (χ4v) is 0.422. The molecule has 0 atom stereocenters. The maximum atomic E-state index is 10.3. The first kappa shape index (κ1) is 18.6. The van der Waals surface area contributed by atoms with Crippen LogP contribution in [0.15, 0.2) is 0 Å². The summed E-state index contributed by atoms with van der Waals surface area (Å²) in [6, 6.07) is 0.222. The van der Waals surface area contributed by atoms with Gasteiger partial charge in [-0.15, -0.1) is 0 Å². The molecule has 0 fully saturated rings. The maximum absolute atomic E-state index is 10.3. The first-order chi connectivity index (χ1) is 5.29. The van der Waals surface area contributed by atoms with E-state index in [0.29, 0.717) is 0 Å². The number of carbonyl (C=O) groups is 2. The molecule has 2 N–H and O–H groups in total. The summed E-state index contributed by atoms with van der Waals surface area (Å²) >= 11 is 8.12. The molecule has 0 aliphatic carbocycles. The smallest absolute Gasteiger partial charge is 0.719 e. The second-order valence-electron chi connectivity index (χ2n) is 2.29. The summed E-state index contributed by atoms with van der Waals surface area (Å²) in [5.74, 6) is 0. The average molecular weight is 272 g/mol. The summed E-state index contributed by atoms with van der Waals surface area (Å²) in [6.07, 6.45) is 0. The van der Waals surface area contributed by atoms with E-state index in [1.165, 1.54) is 4.90 Å². The summed E-state index contributed by atoms with van der Waals surface area (Å²) in [5.41, 5.74) is 4.29. The van der Waals surface area contributed by atoms with Gasteiger partial charge in [-0.3, -0.25) is 0 Å². The molecule has 0 aliphatic rings. The monoisotopic (exact) mass is 271 g/mol. The van der Waals surface area contributed by atoms with E-state index < -0.39 is 5.24 Å². The number of nitrogens with zero attached hydrogens (tertiary/aromatic N) is 1. The zero-order chi connectivity index (χ0) is 10.3. The van der Waals surface area contributed by atoms with Gasteiger partial charge in [0.15, 0.2) is 0 Å².